The third-order valence-electron chi connectivity index (χ3n) is 2.81. The second-order valence-electron chi connectivity index (χ2n) is 4.60. The number of nitrogens with zero attached hydrogens (tertiary/aromatic N) is 1. The molecule has 0 heterocycles. The Morgan fingerprint density at radius 1 is 1.45 bits per heavy atom. The lowest BCUT2D eigenvalue weighted by molar-refractivity contribution is -0.385. The molecule has 2 N–H and O–H groups in total. The first-order chi connectivity index (χ1) is 9.27. The number of nitro groups is 1. The van der Waals surface area contributed by atoms with Crippen molar-refractivity contribution in [1.82, 2.24) is 4.72 Å². The molecule has 0 aliphatic heterocycles. The summed E-state index contributed by atoms with van der Waals surface area (Å²) in [5.74, 6) is 0. The molecule has 0 fully saturated rings. The third-order valence-corrected chi connectivity index (χ3v) is 4.56. The normalized spacial score (nSPS) is 13.2. The van der Waals surface area contributed by atoms with Crippen molar-refractivity contribution >= 4 is 15.7 Å². The van der Waals surface area contributed by atoms with Crippen molar-refractivity contribution < 1.29 is 18.4 Å². The lowest BCUT2D eigenvalue weighted by Gasteiger charge is -2.14. The van der Waals surface area contributed by atoms with E-state index in [2.05, 4.69) is 4.72 Å². The molecular weight excluding hydrogens is 284 g/mol. The van der Waals surface area contributed by atoms with E-state index >= 15 is 0 Å². The fourth-order valence-electron chi connectivity index (χ4n) is 1.83. The van der Waals surface area contributed by atoms with E-state index in [1.165, 1.54) is 25.1 Å². The number of sulfonamides is 1. The molecule has 0 radical (unpaired) electrons. The van der Waals surface area contributed by atoms with Gasteiger partial charge in [0.05, 0.1) is 9.82 Å². The molecule has 0 aliphatic carbocycles. The van der Waals surface area contributed by atoms with Crippen LogP contribution in [0.4, 0.5) is 5.69 Å². The summed E-state index contributed by atoms with van der Waals surface area (Å²) in [5, 5.41) is 19.3. The van der Waals surface area contributed by atoms with Gasteiger partial charge in [-0.05, 0) is 38.3 Å². The van der Waals surface area contributed by atoms with E-state index in [-0.39, 0.29) is 23.2 Å². The number of hydrogen-bond acceptors (Lipinski definition) is 5. The van der Waals surface area contributed by atoms with Gasteiger partial charge in [0.1, 0.15) is 0 Å². The molecule has 112 valence electrons. The summed E-state index contributed by atoms with van der Waals surface area (Å²) in [5.41, 5.74) is 0.177. The van der Waals surface area contributed by atoms with Gasteiger partial charge in [-0.25, -0.2) is 13.1 Å². The van der Waals surface area contributed by atoms with Gasteiger partial charge in [-0.15, -0.1) is 0 Å². The number of aliphatic hydroxyl groups is 1. The van der Waals surface area contributed by atoms with Crippen LogP contribution in [0.5, 0.6) is 0 Å². The first-order valence-corrected chi connectivity index (χ1v) is 7.64. The van der Waals surface area contributed by atoms with E-state index in [1.54, 1.807) is 6.92 Å². The largest absolute Gasteiger partial charge is 0.396 e. The summed E-state index contributed by atoms with van der Waals surface area (Å²) in [4.78, 5) is 10.1. The second kappa shape index (κ2) is 6.78. The Kier molecular flexibility index (Phi) is 5.61. The minimum atomic E-state index is -3.72. The Hall–Kier alpha value is -1.51. The monoisotopic (exact) mass is 302 g/mol. The maximum atomic E-state index is 12.2. The Balaban J connectivity index is 2.95. The number of aryl methyl sites for hydroxylation is 1. The summed E-state index contributed by atoms with van der Waals surface area (Å²) in [6, 6.07) is 3.31. The number of rotatable bonds is 7. The van der Waals surface area contributed by atoms with Gasteiger partial charge < -0.3 is 5.11 Å². The average Bonchev–Trinajstić information content (AvgIpc) is 2.35. The topological polar surface area (TPSA) is 110 Å². The van der Waals surface area contributed by atoms with Crippen molar-refractivity contribution in [1.29, 1.82) is 0 Å². The van der Waals surface area contributed by atoms with Crippen molar-refractivity contribution in [3.05, 3.63) is 33.9 Å². The Labute approximate surface area is 117 Å². The lowest BCUT2D eigenvalue weighted by Crippen LogP contribution is -2.33. The first-order valence-electron chi connectivity index (χ1n) is 6.16. The maximum absolute atomic E-state index is 12.2. The Morgan fingerprint density at radius 2 is 2.10 bits per heavy atom. The van der Waals surface area contributed by atoms with E-state index < -0.39 is 14.9 Å². The molecule has 0 saturated carbocycles. The van der Waals surface area contributed by atoms with Crippen molar-refractivity contribution in [2.24, 2.45) is 0 Å². The quantitative estimate of drug-likeness (QED) is 0.583. The molecule has 20 heavy (non-hydrogen) atoms. The molecule has 1 atom stereocenters. The predicted molar refractivity (Wildman–Crippen MR) is 73.9 cm³/mol. The highest BCUT2D eigenvalue weighted by molar-refractivity contribution is 7.89. The van der Waals surface area contributed by atoms with Crippen molar-refractivity contribution in [3.8, 4) is 0 Å². The zero-order valence-electron chi connectivity index (χ0n) is 11.4. The molecule has 0 bridgehead atoms. The van der Waals surface area contributed by atoms with Gasteiger partial charge in [0.25, 0.3) is 5.69 Å². The minimum Gasteiger partial charge on any atom is -0.396 e. The van der Waals surface area contributed by atoms with Gasteiger partial charge in [-0.3, -0.25) is 10.1 Å². The molecule has 0 spiro atoms. The highest BCUT2D eigenvalue weighted by Crippen LogP contribution is 2.21. The summed E-state index contributed by atoms with van der Waals surface area (Å²) < 4.78 is 26.8. The van der Waals surface area contributed by atoms with E-state index in [0.717, 1.165) is 0 Å². The van der Waals surface area contributed by atoms with Gasteiger partial charge in [0, 0.05) is 24.8 Å². The van der Waals surface area contributed by atoms with Gasteiger partial charge in [0.15, 0.2) is 0 Å². The van der Waals surface area contributed by atoms with Crippen molar-refractivity contribution in [2.45, 2.75) is 37.6 Å². The fourth-order valence-corrected chi connectivity index (χ4v) is 3.34. The molecule has 0 aliphatic rings. The minimum absolute atomic E-state index is 0.00261. The van der Waals surface area contributed by atoms with Crippen LogP contribution in [-0.4, -0.2) is 31.1 Å². The molecule has 0 amide bonds. The third kappa shape index (κ3) is 4.26. The van der Waals surface area contributed by atoms with Crippen LogP contribution >= 0.6 is 0 Å². The highest BCUT2D eigenvalue weighted by atomic mass is 32.2. The van der Waals surface area contributed by atoms with Crippen LogP contribution in [0.3, 0.4) is 0 Å². The van der Waals surface area contributed by atoms with Crippen LogP contribution < -0.4 is 4.72 Å². The standard InChI is InChI=1S/C12H18N2O5S/c1-9-8-11(14(16)17)5-6-12(9)20(18,19)13-10(2)4-3-7-15/h5-6,8,10,13,15H,3-4,7H2,1-2H3. The predicted octanol–water partition coefficient (Wildman–Crippen LogP) is 1.34. The molecule has 0 saturated heterocycles. The van der Waals surface area contributed by atoms with Crippen molar-refractivity contribution in [2.75, 3.05) is 6.61 Å². The van der Waals surface area contributed by atoms with E-state index in [9.17, 15) is 18.5 Å². The molecule has 7 nitrogen and oxygen atoms in total. The summed E-state index contributed by atoms with van der Waals surface area (Å²) in [6.07, 6.45) is 1.02. The van der Waals surface area contributed by atoms with Crippen LogP contribution in [0.1, 0.15) is 25.3 Å². The number of benzene rings is 1. The van der Waals surface area contributed by atoms with Crippen molar-refractivity contribution in [3.63, 3.8) is 0 Å². The number of hydrogen-bond donors (Lipinski definition) is 2. The van der Waals surface area contributed by atoms with Crippen LogP contribution in [0.15, 0.2) is 23.1 Å². The SMILES string of the molecule is Cc1cc([N+](=O)[O-])ccc1S(=O)(=O)NC(C)CCCO. The van der Waals surface area contributed by atoms with Crippen LogP contribution in [0.2, 0.25) is 0 Å². The first kappa shape index (κ1) is 16.5. The zero-order chi connectivity index (χ0) is 15.3. The van der Waals surface area contributed by atoms with Gasteiger partial charge >= 0.3 is 0 Å². The summed E-state index contributed by atoms with van der Waals surface area (Å²) >= 11 is 0. The molecule has 1 rings (SSSR count). The molecule has 1 aromatic carbocycles. The van der Waals surface area contributed by atoms with E-state index in [1.807, 2.05) is 0 Å². The fraction of sp³-hybridized carbons (Fsp3) is 0.500. The number of nitro benzene ring substituents is 1. The number of non-ortho nitro benzene ring substituents is 1. The smallest absolute Gasteiger partial charge is 0.269 e. The van der Waals surface area contributed by atoms with Gasteiger partial charge in [0.2, 0.25) is 10.0 Å². The molecular formula is C12H18N2O5S. The van der Waals surface area contributed by atoms with E-state index in [4.69, 9.17) is 5.11 Å². The Morgan fingerprint density at radius 3 is 2.60 bits per heavy atom. The second-order valence-corrected chi connectivity index (χ2v) is 6.28. The maximum Gasteiger partial charge on any atom is 0.269 e. The highest BCUT2D eigenvalue weighted by Gasteiger charge is 2.21. The average molecular weight is 302 g/mol. The van der Waals surface area contributed by atoms with Crippen LogP contribution in [-0.2, 0) is 10.0 Å². The molecule has 1 aromatic rings. The van der Waals surface area contributed by atoms with Crippen LogP contribution in [0.25, 0.3) is 0 Å². The van der Waals surface area contributed by atoms with Gasteiger partial charge in [-0.1, -0.05) is 0 Å². The van der Waals surface area contributed by atoms with Gasteiger partial charge in [-0.2, -0.15) is 0 Å². The summed E-state index contributed by atoms with van der Waals surface area (Å²) in [6.45, 7) is 3.22. The zero-order valence-corrected chi connectivity index (χ0v) is 12.2. The lowest BCUT2D eigenvalue weighted by atomic mass is 10.2. The number of aliphatic hydroxyl groups excluding tert-OH is 1. The summed E-state index contributed by atoms with van der Waals surface area (Å²) in [7, 11) is -3.72. The number of nitrogens with one attached hydrogen (secondary N) is 1. The molecule has 1 unspecified atom stereocenters. The van der Waals surface area contributed by atoms with E-state index in [0.29, 0.717) is 18.4 Å². The molecule has 0 aromatic heterocycles. The molecule has 8 heteroatoms. The van der Waals surface area contributed by atoms with Crippen LogP contribution in [0, 0.1) is 17.0 Å². The Bertz CT molecular complexity index is 586.